The highest BCUT2D eigenvalue weighted by molar-refractivity contribution is 5.28. The van der Waals surface area contributed by atoms with Crippen LogP contribution in [0.3, 0.4) is 0 Å². The minimum Gasteiger partial charge on any atom is -0.376 e. The Morgan fingerprint density at radius 2 is 1.95 bits per heavy atom. The molecule has 0 saturated heterocycles. The SMILES string of the molecule is CNC(c1cc(C)cc(F)c1)C1(OC)CCC(C)CC1. The van der Waals surface area contributed by atoms with Crippen molar-refractivity contribution in [2.45, 2.75) is 51.2 Å². The van der Waals surface area contributed by atoms with Crippen LogP contribution in [0.25, 0.3) is 0 Å². The Labute approximate surface area is 121 Å². The van der Waals surface area contributed by atoms with Crippen LogP contribution < -0.4 is 5.32 Å². The molecule has 0 amide bonds. The third kappa shape index (κ3) is 3.04. The molecule has 112 valence electrons. The van der Waals surface area contributed by atoms with E-state index < -0.39 is 0 Å². The van der Waals surface area contributed by atoms with E-state index in [1.807, 2.05) is 14.0 Å². The molecule has 0 spiro atoms. The largest absolute Gasteiger partial charge is 0.376 e. The Balaban J connectivity index is 2.34. The zero-order chi connectivity index (χ0) is 14.8. The molecule has 1 aromatic rings. The van der Waals surface area contributed by atoms with E-state index in [2.05, 4.69) is 18.3 Å². The van der Waals surface area contributed by atoms with Gasteiger partial charge in [0.2, 0.25) is 0 Å². The second-order valence-electron chi connectivity index (χ2n) is 6.24. The van der Waals surface area contributed by atoms with E-state index in [-0.39, 0.29) is 17.5 Å². The molecule has 0 aromatic heterocycles. The summed E-state index contributed by atoms with van der Waals surface area (Å²) in [5.41, 5.74) is 1.72. The highest BCUT2D eigenvalue weighted by atomic mass is 19.1. The highest BCUT2D eigenvalue weighted by Crippen LogP contribution is 2.42. The van der Waals surface area contributed by atoms with Gasteiger partial charge in [0, 0.05) is 7.11 Å². The number of hydrogen-bond acceptors (Lipinski definition) is 2. The van der Waals surface area contributed by atoms with Gasteiger partial charge in [0.1, 0.15) is 5.82 Å². The minimum absolute atomic E-state index is 0.0365. The summed E-state index contributed by atoms with van der Waals surface area (Å²) in [4.78, 5) is 0. The van der Waals surface area contributed by atoms with Crippen molar-refractivity contribution in [3.05, 3.63) is 35.1 Å². The molecule has 1 unspecified atom stereocenters. The van der Waals surface area contributed by atoms with Crippen LogP contribution in [0.1, 0.15) is 49.8 Å². The number of hydrogen-bond donors (Lipinski definition) is 1. The Morgan fingerprint density at radius 3 is 2.45 bits per heavy atom. The van der Waals surface area contributed by atoms with Crippen molar-refractivity contribution in [3.63, 3.8) is 0 Å². The predicted molar refractivity (Wildman–Crippen MR) is 80.3 cm³/mol. The fourth-order valence-corrected chi connectivity index (χ4v) is 3.53. The number of ether oxygens (including phenoxy) is 1. The first-order valence-corrected chi connectivity index (χ1v) is 7.50. The first kappa shape index (κ1) is 15.5. The second kappa shape index (κ2) is 6.23. The molecule has 1 aliphatic rings. The van der Waals surface area contributed by atoms with Gasteiger partial charge in [-0.2, -0.15) is 0 Å². The summed E-state index contributed by atoms with van der Waals surface area (Å²) in [5.74, 6) is 0.584. The van der Waals surface area contributed by atoms with Gasteiger partial charge in [0.25, 0.3) is 0 Å². The second-order valence-corrected chi connectivity index (χ2v) is 6.24. The van der Waals surface area contributed by atoms with Crippen LogP contribution in [-0.4, -0.2) is 19.8 Å². The first-order valence-electron chi connectivity index (χ1n) is 7.50. The predicted octanol–water partition coefficient (Wildman–Crippen LogP) is 3.99. The number of rotatable bonds is 4. The Morgan fingerprint density at radius 1 is 1.30 bits per heavy atom. The van der Waals surface area contributed by atoms with Crippen LogP contribution in [-0.2, 0) is 4.74 Å². The zero-order valence-corrected chi connectivity index (χ0v) is 13.0. The number of aryl methyl sites for hydroxylation is 1. The third-order valence-corrected chi connectivity index (χ3v) is 4.74. The van der Waals surface area contributed by atoms with Crippen molar-refractivity contribution in [1.82, 2.24) is 5.32 Å². The number of methoxy groups -OCH3 is 1. The molecule has 2 nitrogen and oxygen atoms in total. The van der Waals surface area contributed by atoms with Gasteiger partial charge in [0.15, 0.2) is 0 Å². The maximum atomic E-state index is 13.7. The fraction of sp³-hybridized carbons (Fsp3) is 0.647. The fourth-order valence-electron chi connectivity index (χ4n) is 3.53. The quantitative estimate of drug-likeness (QED) is 0.900. The van der Waals surface area contributed by atoms with E-state index in [0.717, 1.165) is 29.9 Å². The molecule has 1 atom stereocenters. The standard InChI is InChI=1S/C17H26FNO/c1-12-5-7-17(20-4,8-6-12)16(19-3)14-9-13(2)10-15(18)11-14/h9-12,16,19H,5-8H2,1-4H3. The Hall–Kier alpha value is -0.930. The van der Waals surface area contributed by atoms with Gasteiger partial charge in [0.05, 0.1) is 11.6 Å². The number of likely N-dealkylation sites (N-methyl/N-ethyl adjacent to an activating group) is 1. The van der Waals surface area contributed by atoms with Gasteiger partial charge >= 0.3 is 0 Å². The lowest BCUT2D eigenvalue weighted by atomic mass is 9.73. The molecule has 0 bridgehead atoms. The molecule has 2 rings (SSSR count). The summed E-state index contributed by atoms with van der Waals surface area (Å²) in [6.45, 7) is 4.22. The topological polar surface area (TPSA) is 21.3 Å². The van der Waals surface area contributed by atoms with Gasteiger partial charge in [-0.05, 0) is 68.8 Å². The van der Waals surface area contributed by atoms with Gasteiger partial charge in [-0.15, -0.1) is 0 Å². The van der Waals surface area contributed by atoms with Crippen molar-refractivity contribution in [2.24, 2.45) is 5.92 Å². The summed E-state index contributed by atoms with van der Waals surface area (Å²) in [6.07, 6.45) is 4.37. The van der Waals surface area contributed by atoms with Crippen molar-refractivity contribution >= 4 is 0 Å². The van der Waals surface area contributed by atoms with Crippen LogP contribution >= 0.6 is 0 Å². The van der Waals surface area contributed by atoms with Crippen molar-refractivity contribution in [2.75, 3.05) is 14.2 Å². The lowest BCUT2D eigenvalue weighted by Crippen LogP contribution is -2.47. The number of halogens is 1. The maximum absolute atomic E-state index is 13.7. The van der Waals surface area contributed by atoms with Crippen LogP contribution in [0.5, 0.6) is 0 Å². The molecule has 0 radical (unpaired) electrons. The molecule has 1 fully saturated rings. The number of nitrogens with one attached hydrogen (secondary N) is 1. The van der Waals surface area contributed by atoms with Gasteiger partial charge in [-0.25, -0.2) is 4.39 Å². The first-order chi connectivity index (χ1) is 9.50. The highest BCUT2D eigenvalue weighted by Gasteiger charge is 2.41. The van der Waals surface area contributed by atoms with E-state index in [4.69, 9.17) is 4.74 Å². The van der Waals surface area contributed by atoms with Crippen LogP contribution in [0.4, 0.5) is 4.39 Å². The van der Waals surface area contributed by atoms with E-state index in [1.165, 1.54) is 12.8 Å². The summed E-state index contributed by atoms with van der Waals surface area (Å²) in [7, 11) is 3.72. The van der Waals surface area contributed by atoms with Crippen molar-refractivity contribution in [1.29, 1.82) is 0 Å². The van der Waals surface area contributed by atoms with E-state index in [9.17, 15) is 4.39 Å². The lowest BCUT2D eigenvalue weighted by molar-refractivity contribution is -0.0745. The maximum Gasteiger partial charge on any atom is 0.123 e. The number of benzene rings is 1. The normalized spacial score (nSPS) is 28.4. The van der Waals surface area contributed by atoms with Gasteiger partial charge in [-0.3, -0.25) is 0 Å². The van der Waals surface area contributed by atoms with Gasteiger partial charge < -0.3 is 10.1 Å². The monoisotopic (exact) mass is 279 g/mol. The molecule has 20 heavy (non-hydrogen) atoms. The zero-order valence-electron chi connectivity index (χ0n) is 13.0. The van der Waals surface area contributed by atoms with Crippen molar-refractivity contribution < 1.29 is 9.13 Å². The molecule has 3 heteroatoms. The molecular formula is C17H26FNO. The molecule has 1 saturated carbocycles. The van der Waals surface area contributed by atoms with E-state index >= 15 is 0 Å². The van der Waals surface area contributed by atoms with E-state index in [1.54, 1.807) is 19.2 Å². The van der Waals surface area contributed by atoms with Crippen molar-refractivity contribution in [3.8, 4) is 0 Å². The summed E-state index contributed by atoms with van der Waals surface area (Å²) in [5, 5.41) is 3.36. The molecule has 1 aromatic carbocycles. The van der Waals surface area contributed by atoms with Crippen LogP contribution in [0.15, 0.2) is 18.2 Å². The lowest BCUT2D eigenvalue weighted by Gasteiger charge is -2.44. The molecule has 0 aliphatic heterocycles. The third-order valence-electron chi connectivity index (χ3n) is 4.74. The smallest absolute Gasteiger partial charge is 0.123 e. The minimum atomic E-state index is -0.221. The summed E-state index contributed by atoms with van der Waals surface area (Å²) < 4.78 is 19.6. The Bertz CT molecular complexity index is 432. The summed E-state index contributed by atoms with van der Waals surface area (Å²) >= 11 is 0. The Kier molecular flexibility index (Phi) is 4.82. The van der Waals surface area contributed by atoms with E-state index in [0.29, 0.717) is 0 Å². The van der Waals surface area contributed by atoms with Gasteiger partial charge in [-0.1, -0.05) is 13.0 Å². The van der Waals surface area contributed by atoms with Crippen LogP contribution in [0.2, 0.25) is 0 Å². The van der Waals surface area contributed by atoms with Crippen LogP contribution in [0, 0.1) is 18.7 Å². The average Bonchev–Trinajstić information content (AvgIpc) is 2.41. The summed E-state index contributed by atoms with van der Waals surface area (Å²) in [6, 6.07) is 5.30. The molecule has 0 heterocycles. The molecule has 1 aliphatic carbocycles. The molecular weight excluding hydrogens is 253 g/mol. The average molecular weight is 279 g/mol. The molecule has 1 N–H and O–H groups in total.